The van der Waals surface area contributed by atoms with E-state index in [0.717, 1.165) is 11.4 Å². The average molecular weight is 272 g/mol. The minimum atomic E-state index is 0. The summed E-state index contributed by atoms with van der Waals surface area (Å²) in [5.41, 5.74) is 2.21. The molecule has 2 aromatic carbocycles. The van der Waals surface area contributed by atoms with Crippen molar-refractivity contribution in [3.8, 4) is 11.4 Å². The molecule has 0 unspecified atom stereocenters. The normalized spacial score (nSPS) is 9.40. The molecule has 0 spiro atoms. The zero-order chi connectivity index (χ0) is 12.2. The van der Waals surface area contributed by atoms with Gasteiger partial charge in [-0.05, 0) is 16.0 Å². The number of benzene rings is 2. The highest BCUT2D eigenvalue weighted by Crippen LogP contribution is 2.15. The van der Waals surface area contributed by atoms with Gasteiger partial charge in [-0.25, -0.2) is 4.68 Å². The molecule has 0 saturated carbocycles. The molecule has 0 radical (unpaired) electrons. The number of hydrogen-bond donors (Lipinski definition) is 0. The van der Waals surface area contributed by atoms with Gasteiger partial charge in [-0.3, -0.25) is 0 Å². The van der Waals surface area contributed by atoms with Crippen LogP contribution in [-0.4, -0.2) is 31.2 Å². The number of nitrogens with zero attached hydrogens (tertiary/aromatic N) is 4. The Morgan fingerprint density at radius 1 is 0.800 bits per heavy atom. The van der Waals surface area contributed by atoms with Gasteiger partial charge in [0.05, 0.1) is 6.54 Å². The molecule has 4 N–H and O–H groups in total. The topological polar surface area (TPSA) is 107 Å². The van der Waals surface area contributed by atoms with Crippen molar-refractivity contribution >= 4 is 0 Å². The first-order valence-electron chi connectivity index (χ1n) is 5.79. The van der Waals surface area contributed by atoms with Crippen molar-refractivity contribution in [3.05, 3.63) is 66.2 Å². The first kappa shape index (κ1) is 15.5. The Bertz CT molecular complexity index is 626. The van der Waals surface area contributed by atoms with E-state index in [1.54, 1.807) is 0 Å². The largest absolute Gasteiger partial charge is 0.412 e. The molecule has 3 aromatic rings. The molecule has 3 rings (SSSR count). The van der Waals surface area contributed by atoms with E-state index in [1.807, 2.05) is 53.2 Å². The maximum atomic E-state index is 4.08. The van der Waals surface area contributed by atoms with Gasteiger partial charge < -0.3 is 11.0 Å². The molecule has 0 amide bonds. The van der Waals surface area contributed by atoms with E-state index < -0.39 is 0 Å². The molecule has 0 bridgehead atoms. The van der Waals surface area contributed by atoms with E-state index >= 15 is 0 Å². The highest BCUT2D eigenvalue weighted by molar-refractivity contribution is 5.54. The minimum absolute atomic E-state index is 0. The second-order valence-electron chi connectivity index (χ2n) is 4.01. The maximum Gasteiger partial charge on any atom is 0.182 e. The standard InChI is InChI=1S/C14H12N4.2H2O/c1-3-7-12(8-4-1)11-18-14(15-16-17-18)13-9-5-2-6-10-13;;/h1-10H,11H2;2*1H2. The molecule has 20 heavy (non-hydrogen) atoms. The van der Waals surface area contributed by atoms with Gasteiger partial charge in [-0.15, -0.1) is 5.10 Å². The summed E-state index contributed by atoms with van der Waals surface area (Å²) in [6.45, 7) is 0.679. The van der Waals surface area contributed by atoms with E-state index in [2.05, 4.69) is 27.7 Å². The molecule has 0 aliphatic carbocycles. The monoisotopic (exact) mass is 272 g/mol. The predicted octanol–water partition coefficient (Wildman–Crippen LogP) is 0.739. The number of rotatable bonds is 3. The SMILES string of the molecule is O.O.c1ccc(Cn2nnnc2-c2ccccc2)cc1. The summed E-state index contributed by atoms with van der Waals surface area (Å²) < 4.78 is 1.81. The highest BCUT2D eigenvalue weighted by atomic mass is 16.0. The number of hydrogen-bond acceptors (Lipinski definition) is 3. The molecule has 1 heterocycles. The van der Waals surface area contributed by atoms with E-state index in [9.17, 15) is 0 Å². The van der Waals surface area contributed by atoms with Crippen LogP contribution in [0.1, 0.15) is 5.56 Å². The van der Waals surface area contributed by atoms with Crippen LogP contribution < -0.4 is 0 Å². The zero-order valence-corrected chi connectivity index (χ0v) is 10.8. The first-order valence-corrected chi connectivity index (χ1v) is 5.79. The Labute approximate surface area is 116 Å². The zero-order valence-electron chi connectivity index (χ0n) is 10.8. The van der Waals surface area contributed by atoms with Crippen molar-refractivity contribution < 1.29 is 11.0 Å². The molecule has 0 aliphatic heterocycles. The molecule has 0 saturated heterocycles. The van der Waals surface area contributed by atoms with Gasteiger partial charge in [0.15, 0.2) is 5.82 Å². The van der Waals surface area contributed by atoms with Crippen LogP contribution in [-0.2, 0) is 6.54 Å². The van der Waals surface area contributed by atoms with Crippen LogP contribution in [0.2, 0.25) is 0 Å². The Balaban J connectivity index is 0.000001000. The second-order valence-corrected chi connectivity index (χ2v) is 4.01. The third-order valence-corrected chi connectivity index (χ3v) is 2.74. The van der Waals surface area contributed by atoms with Gasteiger partial charge in [0.1, 0.15) is 0 Å². The van der Waals surface area contributed by atoms with Crippen LogP contribution in [0.5, 0.6) is 0 Å². The lowest BCUT2D eigenvalue weighted by Gasteiger charge is -2.04. The molecule has 6 nitrogen and oxygen atoms in total. The summed E-state index contributed by atoms with van der Waals surface area (Å²) >= 11 is 0. The Morgan fingerprint density at radius 3 is 2.05 bits per heavy atom. The fourth-order valence-corrected chi connectivity index (χ4v) is 1.86. The second kappa shape index (κ2) is 7.13. The summed E-state index contributed by atoms with van der Waals surface area (Å²) in [6, 6.07) is 20.1. The quantitative estimate of drug-likeness (QED) is 0.701. The fourth-order valence-electron chi connectivity index (χ4n) is 1.86. The van der Waals surface area contributed by atoms with Crippen LogP contribution in [0, 0.1) is 0 Å². The number of aromatic nitrogens is 4. The lowest BCUT2D eigenvalue weighted by molar-refractivity contribution is 0.653. The molecule has 0 atom stereocenters. The van der Waals surface area contributed by atoms with Crippen LogP contribution in [0.4, 0.5) is 0 Å². The number of tetrazole rings is 1. The van der Waals surface area contributed by atoms with E-state index in [0.29, 0.717) is 6.54 Å². The van der Waals surface area contributed by atoms with Gasteiger partial charge in [0.2, 0.25) is 0 Å². The van der Waals surface area contributed by atoms with E-state index in [1.165, 1.54) is 5.56 Å². The molecule has 0 aliphatic rings. The van der Waals surface area contributed by atoms with Crippen molar-refractivity contribution in [2.45, 2.75) is 6.54 Å². The molecular formula is C14H16N4O2. The van der Waals surface area contributed by atoms with Crippen LogP contribution in [0.25, 0.3) is 11.4 Å². The Kier molecular flexibility index (Phi) is 5.52. The summed E-state index contributed by atoms with van der Waals surface area (Å²) in [7, 11) is 0. The van der Waals surface area contributed by atoms with E-state index in [-0.39, 0.29) is 11.0 Å². The fraction of sp³-hybridized carbons (Fsp3) is 0.0714. The highest BCUT2D eigenvalue weighted by Gasteiger charge is 2.08. The summed E-state index contributed by atoms with van der Waals surface area (Å²) in [4.78, 5) is 0. The van der Waals surface area contributed by atoms with Crippen molar-refractivity contribution in [1.82, 2.24) is 20.2 Å². The molecule has 0 fully saturated rings. The van der Waals surface area contributed by atoms with Gasteiger partial charge in [0, 0.05) is 5.56 Å². The van der Waals surface area contributed by atoms with Crippen molar-refractivity contribution in [3.63, 3.8) is 0 Å². The summed E-state index contributed by atoms with van der Waals surface area (Å²) in [5, 5.41) is 11.9. The third-order valence-electron chi connectivity index (χ3n) is 2.74. The van der Waals surface area contributed by atoms with Crippen LogP contribution in [0.15, 0.2) is 60.7 Å². The first-order chi connectivity index (χ1) is 8.93. The van der Waals surface area contributed by atoms with Gasteiger partial charge in [-0.1, -0.05) is 60.7 Å². The maximum absolute atomic E-state index is 4.08. The van der Waals surface area contributed by atoms with Gasteiger partial charge in [-0.2, -0.15) is 0 Å². The summed E-state index contributed by atoms with van der Waals surface area (Å²) in [5.74, 6) is 0.791. The molecule has 104 valence electrons. The van der Waals surface area contributed by atoms with Gasteiger partial charge >= 0.3 is 0 Å². The minimum Gasteiger partial charge on any atom is -0.412 e. The smallest absolute Gasteiger partial charge is 0.182 e. The Morgan fingerprint density at radius 2 is 1.40 bits per heavy atom. The van der Waals surface area contributed by atoms with Gasteiger partial charge in [0.25, 0.3) is 0 Å². The van der Waals surface area contributed by atoms with E-state index in [4.69, 9.17) is 0 Å². The van der Waals surface area contributed by atoms with Crippen LogP contribution >= 0.6 is 0 Å². The molecule has 1 aromatic heterocycles. The van der Waals surface area contributed by atoms with Crippen molar-refractivity contribution in [1.29, 1.82) is 0 Å². The predicted molar refractivity (Wildman–Crippen MR) is 76.0 cm³/mol. The van der Waals surface area contributed by atoms with Crippen molar-refractivity contribution in [2.75, 3.05) is 0 Å². The molecule has 6 heteroatoms. The van der Waals surface area contributed by atoms with Crippen LogP contribution in [0.3, 0.4) is 0 Å². The van der Waals surface area contributed by atoms with Crippen molar-refractivity contribution in [2.24, 2.45) is 0 Å². The third kappa shape index (κ3) is 3.25. The summed E-state index contributed by atoms with van der Waals surface area (Å²) in [6.07, 6.45) is 0. The average Bonchev–Trinajstić information content (AvgIpc) is 2.89. The lowest BCUT2D eigenvalue weighted by atomic mass is 10.2. The Hall–Kier alpha value is -2.57. The lowest BCUT2D eigenvalue weighted by Crippen LogP contribution is -2.04. The molecular weight excluding hydrogens is 256 g/mol.